The average molecular weight is 366 g/mol. The van der Waals surface area contributed by atoms with Gasteiger partial charge >= 0.3 is 0 Å². The zero-order valence-electron chi connectivity index (χ0n) is 14.8. The van der Waals surface area contributed by atoms with E-state index in [2.05, 4.69) is 26.7 Å². The summed E-state index contributed by atoms with van der Waals surface area (Å²) in [5, 5.41) is 15.8. The van der Waals surface area contributed by atoms with E-state index in [1.54, 1.807) is 11.8 Å². The Kier molecular flexibility index (Phi) is 6.09. The molecule has 0 aliphatic heterocycles. The van der Waals surface area contributed by atoms with Crippen LogP contribution in [-0.2, 0) is 0 Å². The lowest BCUT2D eigenvalue weighted by atomic mass is 10.1. The van der Waals surface area contributed by atoms with Crippen LogP contribution in [0.15, 0.2) is 65.6 Å². The minimum Gasteiger partial charge on any atom is -0.394 e. The highest BCUT2D eigenvalue weighted by atomic mass is 32.2. The molecule has 0 aliphatic carbocycles. The zero-order valence-corrected chi connectivity index (χ0v) is 15.6. The molecule has 0 saturated heterocycles. The second-order valence-electron chi connectivity index (χ2n) is 5.88. The van der Waals surface area contributed by atoms with Gasteiger partial charge < -0.3 is 15.7 Å². The van der Waals surface area contributed by atoms with Gasteiger partial charge in [0.15, 0.2) is 0 Å². The number of hydrogen-bond acceptors (Lipinski definition) is 6. The van der Waals surface area contributed by atoms with Gasteiger partial charge in [0, 0.05) is 22.6 Å². The fourth-order valence-electron chi connectivity index (χ4n) is 2.48. The summed E-state index contributed by atoms with van der Waals surface area (Å²) in [5.41, 5.74) is 2.83. The molecule has 0 radical (unpaired) electrons. The highest BCUT2D eigenvalue weighted by Gasteiger charge is 2.10. The molecule has 5 nitrogen and oxygen atoms in total. The first-order valence-electron chi connectivity index (χ1n) is 8.41. The molecule has 0 bridgehead atoms. The van der Waals surface area contributed by atoms with E-state index in [1.807, 2.05) is 67.8 Å². The summed E-state index contributed by atoms with van der Waals surface area (Å²) >= 11 is 1.68. The Morgan fingerprint density at radius 1 is 1.04 bits per heavy atom. The number of para-hydroxylation sites is 1. The predicted octanol–water partition coefficient (Wildman–Crippen LogP) is 4.40. The van der Waals surface area contributed by atoms with Crippen molar-refractivity contribution >= 4 is 29.2 Å². The maximum atomic E-state index is 9.32. The van der Waals surface area contributed by atoms with E-state index in [0.29, 0.717) is 11.8 Å². The molecule has 3 N–H and O–H groups in total. The predicted molar refractivity (Wildman–Crippen MR) is 109 cm³/mol. The topological polar surface area (TPSA) is 70.1 Å². The largest absolute Gasteiger partial charge is 0.394 e. The number of rotatable bonds is 7. The monoisotopic (exact) mass is 366 g/mol. The van der Waals surface area contributed by atoms with Crippen LogP contribution < -0.4 is 10.6 Å². The number of hydrogen-bond donors (Lipinski definition) is 3. The van der Waals surface area contributed by atoms with Crippen LogP contribution in [-0.4, -0.2) is 34.0 Å². The van der Waals surface area contributed by atoms with Crippen LogP contribution >= 0.6 is 11.8 Å². The lowest BCUT2D eigenvalue weighted by molar-refractivity contribution is 0.281. The minimum atomic E-state index is -0.132. The molecular formula is C20H22N4OS. The number of aliphatic hydroxyl groups excluding tert-OH is 1. The maximum Gasteiger partial charge on any atom is 0.225 e. The van der Waals surface area contributed by atoms with Crippen LogP contribution in [0.25, 0.3) is 11.3 Å². The molecule has 1 heterocycles. The van der Waals surface area contributed by atoms with Crippen molar-refractivity contribution in [1.29, 1.82) is 0 Å². The standard InChI is InChI=1S/C20H22N4OS/c1-14(13-25)21-20-23-17(15-8-4-3-5-9-15)12-19(24-20)22-16-10-6-7-11-18(16)26-2/h3-12,14,25H,13H2,1-2H3,(H2,21,22,23,24)/t14-/m1/s1. The summed E-state index contributed by atoms with van der Waals surface area (Å²) in [7, 11) is 0. The molecule has 0 fully saturated rings. The van der Waals surface area contributed by atoms with Crippen molar-refractivity contribution in [2.75, 3.05) is 23.5 Å². The zero-order chi connectivity index (χ0) is 18.4. The lowest BCUT2D eigenvalue weighted by Crippen LogP contribution is -2.21. The van der Waals surface area contributed by atoms with Gasteiger partial charge in [0.2, 0.25) is 5.95 Å². The van der Waals surface area contributed by atoms with Crippen molar-refractivity contribution in [3.63, 3.8) is 0 Å². The molecule has 0 aliphatic rings. The van der Waals surface area contributed by atoms with Crippen molar-refractivity contribution in [2.45, 2.75) is 17.9 Å². The van der Waals surface area contributed by atoms with E-state index in [1.165, 1.54) is 0 Å². The molecule has 0 saturated carbocycles. The van der Waals surface area contributed by atoms with Crippen molar-refractivity contribution in [3.05, 3.63) is 60.7 Å². The Bertz CT molecular complexity index is 857. The summed E-state index contributed by atoms with van der Waals surface area (Å²) in [5.74, 6) is 1.19. The molecule has 0 unspecified atom stereocenters. The Morgan fingerprint density at radius 2 is 1.77 bits per heavy atom. The first-order valence-corrected chi connectivity index (χ1v) is 9.64. The summed E-state index contributed by atoms with van der Waals surface area (Å²) in [6.45, 7) is 1.89. The lowest BCUT2D eigenvalue weighted by Gasteiger charge is -2.15. The molecule has 1 aromatic heterocycles. The fourth-order valence-corrected chi connectivity index (χ4v) is 3.04. The van der Waals surface area contributed by atoms with E-state index in [-0.39, 0.29) is 12.6 Å². The second kappa shape index (κ2) is 8.69. The van der Waals surface area contributed by atoms with Gasteiger partial charge in [-0.15, -0.1) is 11.8 Å². The van der Waals surface area contributed by atoms with Gasteiger partial charge in [0.25, 0.3) is 0 Å². The molecule has 0 amide bonds. The molecular weight excluding hydrogens is 344 g/mol. The van der Waals surface area contributed by atoms with Gasteiger partial charge in [0.1, 0.15) is 5.82 Å². The van der Waals surface area contributed by atoms with Crippen LogP contribution in [0, 0.1) is 0 Å². The molecule has 134 valence electrons. The molecule has 0 spiro atoms. The van der Waals surface area contributed by atoms with Crippen LogP contribution in [0.2, 0.25) is 0 Å². The number of thioether (sulfide) groups is 1. The van der Waals surface area contributed by atoms with Crippen molar-refractivity contribution in [1.82, 2.24) is 9.97 Å². The van der Waals surface area contributed by atoms with Crippen molar-refractivity contribution < 1.29 is 5.11 Å². The first-order chi connectivity index (χ1) is 12.7. The Hall–Kier alpha value is -2.57. The summed E-state index contributed by atoms with van der Waals surface area (Å²) in [6.07, 6.45) is 2.05. The number of aliphatic hydroxyl groups is 1. The summed E-state index contributed by atoms with van der Waals surface area (Å²) in [4.78, 5) is 10.3. The highest BCUT2D eigenvalue weighted by Crippen LogP contribution is 2.29. The van der Waals surface area contributed by atoms with E-state index >= 15 is 0 Å². The second-order valence-corrected chi connectivity index (χ2v) is 6.73. The van der Waals surface area contributed by atoms with Crippen molar-refractivity contribution in [3.8, 4) is 11.3 Å². The molecule has 1 atom stereocenters. The smallest absolute Gasteiger partial charge is 0.225 e. The third kappa shape index (κ3) is 4.53. The molecule has 3 aromatic rings. The van der Waals surface area contributed by atoms with Gasteiger partial charge in [-0.2, -0.15) is 4.98 Å². The Morgan fingerprint density at radius 3 is 2.50 bits per heavy atom. The van der Waals surface area contributed by atoms with E-state index in [4.69, 9.17) is 0 Å². The van der Waals surface area contributed by atoms with Crippen molar-refractivity contribution in [2.24, 2.45) is 0 Å². The van der Waals surface area contributed by atoms with Gasteiger partial charge in [-0.25, -0.2) is 4.98 Å². The van der Waals surface area contributed by atoms with Crippen LogP contribution in [0.4, 0.5) is 17.5 Å². The number of benzene rings is 2. The van der Waals surface area contributed by atoms with Crippen LogP contribution in [0.1, 0.15) is 6.92 Å². The average Bonchev–Trinajstić information content (AvgIpc) is 2.69. The number of anilines is 3. The number of nitrogens with one attached hydrogen (secondary N) is 2. The number of nitrogens with zero attached hydrogens (tertiary/aromatic N) is 2. The minimum absolute atomic E-state index is 0.0109. The Balaban J connectivity index is 1.99. The van der Waals surface area contributed by atoms with Crippen LogP contribution in [0.3, 0.4) is 0 Å². The molecule has 6 heteroatoms. The summed E-state index contributed by atoms with van der Waals surface area (Å²) in [6, 6.07) is 19.9. The third-order valence-corrected chi connectivity index (χ3v) is 4.61. The van der Waals surface area contributed by atoms with E-state index in [9.17, 15) is 5.11 Å². The quantitative estimate of drug-likeness (QED) is 0.538. The Labute approximate surface area is 157 Å². The normalized spacial score (nSPS) is 11.8. The highest BCUT2D eigenvalue weighted by molar-refractivity contribution is 7.98. The van der Waals surface area contributed by atoms with Gasteiger partial charge in [-0.1, -0.05) is 42.5 Å². The molecule has 26 heavy (non-hydrogen) atoms. The summed E-state index contributed by atoms with van der Waals surface area (Å²) < 4.78 is 0. The molecule has 3 rings (SSSR count). The van der Waals surface area contributed by atoms with E-state index in [0.717, 1.165) is 21.8 Å². The van der Waals surface area contributed by atoms with Crippen LogP contribution in [0.5, 0.6) is 0 Å². The number of aromatic nitrogens is 2. The van der Waals surface area contributed by atoms with Gasteiger partial charge in [0.05, 0.1) is 18.0 Å². The van der Waals surface area contributed by atoms with E-state index < -0.39 is 0 Å². The molecule has 2 aromatic carbocycles. The maximum absolute atomic E-state index is 9.32. The van der Waals surface area contributed by atoms with Gasteiger partial charge in [-0.05, 0) is 25.3 Å². The SMILES string of the molecule is CSc1ccccc1Nc1cc(-c2ccccc2)nc(N[C@H](C)CO)n1. The first kappa shape index (κ1) is 18.2. The fraction of sp³-hybridized carbons (Fsp3) is 0.200. The van der Waals surface area contributed by atoms with Gasteiger partial charge in [-0.3, -0.25) is 0 Å². The third-order valence-electron chi connectivity index (χ3n) is 3.81.